The predicted molar refractivity (Wildman–Crippen MR) is 138 cm³/mol. The van der Waals surface area contributed by atoms with Crippen LogP contribution < -0.4 is 20.7 Å². The molecule has 0 fully saturated rings. The van der Waals surface area contributed by atoms with Crippen LogP contribution >= 0.6 is 0 Å². The summed E-state index contributed by atoms with van der Waals surface area (Å²) in [5.74, 6) is 1.77. The van der Waals surface area contributed by atoms with E-state index in [-0.39, 0.29) is 5.91 Å². The van der Waals surface area contributed by atoms with Gasteiger partial charge in [0.1, 0.15) is 11.6 Å². The second-order valence-corrected chi connectivity index (χ2v) is 7.99. The van der Waals surface area contributed by atoms with Crippen molar-refractivity contribution in [3.63, 3.8) is 0 Å². The number of carbonyl (C=O) groups is 1. The molecule has 8 nitrogen and oxygen atoms in total. The number of anilines is 5. The zero-order chi connectivity index (χ0) is 24.2. The van der Waals surface area contributed by atoms with Gasteiger partial charge in [-0.05, 0) is 73.7 Å². The van der Waals surface area contributed by atoms with Gasteiger partial charge in [-0.1, -0.05) is 6.07 Å². The summed E-state index contributed by atoms with van der Waals surface area (Å²) in [5, 5.41) is 9.44. The number of hydrogen-bond acceptors (Lipinski definition) is 6. The zero-order valence-electron chi connectivity index (χ0n) is 19.3. The molecule has 0 aliphatic carbocycles. The molecule has 3 aromatic heterocycles. The number of fused-ring (bicyclic) bond motifs is 1. The molecule has 0 aliphatic heterocycles. The fourth-order valence-corrected chi connectivity index (χ4v) is 3.66. The van der Waals surface area contributed by atoms with Gasteiger partial charge >= 0.3 is 0 Å². The lowest BCUT2D eigenvalue weighted by molar-refractivity contribution is 0.102. The average molecular weight is 465 g/mol. The molecule has 3 heterocycles. The van der Waals surface area contributed by atoms with E-state index in [1.807, 2.05) is 103 Å². The summed E-state index contributed by atoms with van der Waals surface area (Å²) >= 11 is 0. The van der Waals surface area contributed by atoms with Crippen molar-refractivity contribution in [2.45, 2.75) is 6.92 Å². The second kappa shape index (κ2) is 9.56. The Balaban J connectivity index is 1.25. The van der Waals surface area contributed by atoms with Crippen molar-refractivity contribution in [2.24, 2.45) is 0 Å². The molecule has 0 bridgehead atoms. The number of aryl methyl sites for hydroxylation is 1. The maximum atomic E-state index is 12.6. The first-order chi connectivity index (χ1) is 17.1. The number of pyridine rings is 1. The molecule has 0 unspecified atom stereocenters. The Morgan fingerprint density at radius 3 is 2.31 bits per heavy atom. The molecule has 1 amide bonds. The Bertz CT molecular complexity index is 1440. The van der Waals surface area contributed by atoms with Crippen LogP contribution in [-0.4, -0.2) is 27.4 Å². The molecule has 3 N–H and O–H groups in total. The van der Waals surface area contributed by atoms with Crippen molar-refractivity contribution in [1.82, 2.24) is 14.4 Å². The number of rotatable bonds is 7. The molecule has 0 saturated carbocycles. The lowest BCUT2D eigenvalue weighted by Gasteiger charge is -2.11. The number of ether oxygens (including phenoxy) is 1. The van der Waals surface area contributed by atoms with Gasteiger partial charge in [0.15, 0.2) is 0 Å². The van der Waals surface area contributed by atoms with Crippen molar-refractivity contribution in [1.29, 1.82) is 0 Å². The Hall–Kier alpha value is -4.85. The molecule has 5 rings (SSSR count). The third kappa shape index (κ3) is 5.22. The minimum atomic E-state index is -0.161. The van der Waals surface area contributed by atoms with Gasteiger partial charge in [-0.25, -0.2) is 4.98 Å². The van der Waals surface area contributed by atoms with Crippen LogP contribution in [0.2, 0.25) is 0 Å². The topological polar surface area (TPSA) is 92.6 Å². The van der Waals surface area contributed by atoms with E-state index in [4.69, 9.17) is 4.74 Å². The van der Waals surface area contributed by atoms with E-state index in [2.05, 4.69) is 25.9 Å². The van der Waals surface area contributed by atoms with E-state index in [1.54, 1.807) is 7.11 Å². The van der Waals surface area contributed by atoms with E-state index in [9.17, 15) is 4.79 Å². The number of hydrogen-bond donors (Lipinski definition) is 3. The predicted octanol–water partition coefficient (Wildman–Crippen LogP) is 5.79. The quantitative estimate of drug-likeness (QED) is 0.283. The third-order valence-electron chi connectivity index (χ3n) is 5.38. The molecule has 0 saturated heterocycles. The van der Waals surface area contributed by atoms with Gasteiger partial charge in [0.2, 0.25) is 5.95 Å². The molecule has 0 radical (unpaired) electrons. The fourth-order valence-electron chi connectivity index (χ4n) is 3.66. The number of methoxy groups -OCH3 is 1. The Morgan fingerprint density at radius 2 is 1.57 bits per heavy atom. The molecular formula is C27H24N6O2. The molecule has 0 atom stereocenters. The second-order valence-electron chi connectivity index (χ2n) is 7.99. The van der Waals surface area contributed by atoms with Crippen LogP contribution in [-0.2, 0) is 0 Å². The summed E-state index contributed by atoms with van der Waals surface area (Å²) < 4.78 is 7.12. The normalized spacial score (nSPS) is 10.7. The third-order valence-corrected chi connectivity index (χ3v) is 5.38. The van der Waals surface area contributed by atoms with Crippen LogP contribution in [0.25, 0.3) is 5.52 Å². The molecule has 5 aromatic rings. The van der Waals surface area contributed by atoms with E-state index >= 15 is 0 Å². The first-order valence-corrected chi connectivity index (χ1v) is 11.1. The van der Waals surface area contributed by atoms with E-state index < -0.39 is 0 Å². The highest BCUT2D eigenvalue weighted by atomic mass is 16.5. The van der Waals surface area contributed by atoms with Gasteiger partial charge in [0.05, 0.1) is 12.7 Å². The molecule has 2 aromatic carbocycles. The highest BCUT2D eigenvalue weighted by Crippen LogP contribution is 2.22. The number of carbonyl (C=O) groups excluding carboxylic acids is 1. The van der Waals surface area contributed by atoms with Crippen LogP contribution in [0, 0.1) is 6.92 Å². The van der Waals surface area contributed by atoms with Crippen LogP contribution in [0.5, 0.6) is 5.75 Å². The summed E-state index contributed by atoms with van der Waals surface area (Å²) in [7, 11) is 1.64. The molecule has 35 heavy (non-hydrogen) atoms. The lowest BCUT2D eigenvalue weighted by Crippen LogP contribution is -2.10. The minimum absolute atomic E-state index is 0.161. The molecule has 0 aliphatic rings. The molecule has 0 spiro atoms. The summed E-state index contributed by atoms with van der Waals surface area (Å²) in [6.45, 7) is 1.91. The number of amides is 1. The van der Waals surface area contributed by atoms with Crippen molar-refractivity contribution in [3.8, 4) is 5.75 Å². The number of aromatic nitrogens is 3. The maximum Gasteiger partial charge on any atom is 0.257 e. The van der Waals surface area contributed by atoms with Crippen LogP contribution in [0.1, 0.15) is 16.1 Å². The molecule has 8 heteroatoms. The van der Waals surface area contributed by atoms with Crippen LogP contribution in [0.4, 0.5) is 28.8 Å². The fraction of sp³-hybridized carbons (Fsp3) is 0.0741. The Labute approximate surface area is 202 Å². The van der Waals surface area contributed by atoms with Gasteiger partial charge in [0.25, 0.3) is 5.91 Å². The maximum absolute atomic E-state index is 12.6. The number of benzene rings is 2. The monoisotopic (exact) mass is 464 g/mol. The van der Waals surface area contributed by atoms with E-state index in [0.717, 1.165) is 28.3 Å². The van der Waals surface area contributed by atoms with E-state index in [1.165, 1.54) is 0 Å². The SMILES string of the molecule is COc1ccc(Nc2cc(C)nc(Nc3ccc(NC(=O)c4cc5ccccn5c4)cc3)n2)cc1. The minimum Gasteiger partial charge on any atom is -0.497 e. The summed E-state index contributed by atoms with van der Waals surface area (Å²) in [4.78, 5) is 21.7. The molecular weight excluding hydrogens is 440 g/mol. The van der Waals surface area contributed by atoms with Gasteiger partial charge in [-0.15, -0.1) is 0 Å². The molecule has 174 valence electrons. The van der Waals surface area contributed by atoms with Crippen molar-refractivity contribution >= 4 is 40.3 Å². The highest BCUT2D eigenvalue weighted by Gasteiger charge is 2.09. The number of nitrogens with one attached hydrogen (secondary N) is 3. The van der Waals surface area contributed by atoms with Gasteiger partial charge in [-0.2, -0.15) is 4.98 Å². The van der Waals surface area contributed by atoms with Crippen molar-refractivity contribution < 1.29 is 9.53 Å². The number of nitrogens with zero attached hydrogens (tertiary/aromatic N) is 3. The first kappa shape index (κ1) is 22.0. The van der Waals surface area contributed by atoms with Crippen molar-refractivity contribution in [3.05, 3.63) is 103 Å². The lowest BCUT2D eigenvalue weighted by atomic mass is 10.2. The van der Waals surface area contributed by atoms with Gasteiger partial charge in [0, 0.05) is 46.7 Å². The summed E-state index contributed by atoms with van der Waals surface area (Å²) in [5.41, 5.74) is 4.79. The standard InChI is InChI=1S/C27H24N6O2/c1-18-15-25(29-20-10-12-24(35-2)13-11-20)32-27(28-18)31-22-8-6-21(7-9-22)30-26(34)19-16-23-5-3-4-14-33(23)17-19/h3-17H,1-2H3,(H,30,34)(H2,28,29,31,32). The zero-order valence-corrected chi connectivity index (χ0v) is 19.3. The first-order valence-electron chi connectivity index (χ1n) is 11.1. The van der Waals surface area contributed by atoms with Gasteiger partial charge in [-0.3, -0.25) is 4.79 Å². The Morgan fingerprint density at radius 1 is 0.857 bits per heavy atom. The highest BCUT2D eigenvalue weighted by molar-refractivity contribution is 6.05. The Kier molecular flexibility index (Phi) is 6.00. The van der Waals surface area contributed by atoms with E-state index in [0.29, 0.717) is 23.0 Å². The smallest absolute Gasteiger partial charge is 0.257 e. The summed E-state index contributed by atoms with van der Waals surface area (Å²) in [6.07, 6.45) is 3.73. The van der Waals surface area contributed by atoms with Crippen molar-refractivity contribution in [2.75, 3.05) is 23.1 Å². The summed E-state index contributed by atoms with van der Waals surface area (Å²) in [6, 6.07) is 24.6. The van der Waals surface area contributed by atoms with Crippen LogP contribution in [0.15, 0.2) is 91.3 Å². The average Bonchev–Trinajstić information content (AvgIpc) is 3.30. The largest absolute Gasteiger partial charge is 0.497 e. The van der Waals surface area contributed by atoms with Crippen LogP contribution in [0.3, 0.4) is 0 Å². The van der Waals surface area contributed by atoms with Gasteiger partial charge < -0.3 is 25.1 Å².